The van der Waals surface area contributed by atoms with E-state index in [-0.39, 0.29) is 0 Å². The molecule has 3 atom stereocenters. The standard InChI is InChI=1S/2C16H21.C7H9Si.2C4H9.Ti/c2*1-10(2)13-8-14-6-12(5)7-16(14)15(9-13)11(3)4;1-8-7-5-3-2-4-6-7;2*1-3-4-2;/h2*6-11H,1-5H3;2-6,8H,1H3;2*1,3-4H2,2H3;. The van der Waals surface area contributed by atoms with Gasteiger partial charge >= 0.3 is 306 Å². The van der Waals surface area contributed by atoms with Gasteiger partial charge in [0.15, 0.2) is 0 Å². The van der Waals surface area contributed by atoms with Crippen LogP contribution >= 0.6 is 0 Å². The fraction of sp³-hybridized carbons (Fsp3) is 0.532. The first-order valence-electron chi connectivity index (χ1n) is 20.2. The molecule has 0 amide bonds. The number of fused-ring (bicyclic) bond motifs is 2. The van der Waals surface area contributed by atoms with Crippen molar-refractivity contribution in [3.63, 3.8) is 0 Å². The molecule has 0 aliphatic heterocycles. The van der Waals surface area contributed by atoms with Gasteiger partial charge in [-0.1, -0.05) is 0 Å². The molecule has 0 nitrogen and oxygen atoms in total. The Morgan fingerprint density at radius 3 is 1.35 bits per heavy atom. The van der Waals surface area contributed by atoms with Gasteiger partial charge in [-0.2, -0.15) is 0 Å². The van der Waals surface area contributed by atoms with E-state index in [1.165, 1.54) is 35.1 Å². The molecular weight excluding hydrogens is 640 g/mol. The maximum absolute atomic E-state index is 3.89. The second kappa shape index (κ2) is 15.0. The summed E-state index contributed by atoms with van der Waals surface area (Å²) in [6.45, 7) is 30.8. The predicted molar refractivity (Wildman–Crippen MR) is 221 cm³/mol. The third-order valence-electron chi connectivity index (χ3n) is 13.6. The molecule has 3 unspecified atom stereocenters. The van der Waals surface area contributed by atoms with Crippen LogP contribution in [0.25, 0.3) is 12.2 Å². The summed E-state index contributed by atoms with van der Waals surface area (Å²) in [4.78, 5) is 0. The van der Waals surface area contributed by atoms with Gasteiger partial charge in [-0.25, -0.2) is 0 Å². The molecule has 0 heterocycles. The first kappa shape index (κ1) is 38.3. The van der Waals surface area contributed by atoms with E-state index in [2.05, 4.69) is 156 Å². The first-order chi connectivity index (χ1) is 23.2. The van der Waals surface area contributed by atoms with E-state index in [9.17, 15) is 0 Å². The maximum atomic E-state index is 2.87. The van der Waals surface area contributed by atoms with E-state index in [1.54, 1.807) is 60.8 Å². The summed E-state index contributed by atoms with van der Waals surface area (Å²) in [7, 11) is 0. The van der Waals surface area contributed by atoms with Crippen LogP contribution in [0.1, 0.15) is 185 Å². The predicted octanol–water partition coefficient (Wildman–Crippen LogP) is 14.2. The van der Waals surface area contributed by atoms with Gasteiger partial charge in [0.05, 0.1) is 0 Å². The Labute approximate surface area is 304 Å². The number of hydrogen-bond donors (Lipinski definition) is 0. The van der Waals surface area contributed by atoms with Crippen LogP contribution in [0.15, 0.2) is 65.7 Å². The minimum absolute atomic E-state index is 0.514. The van der Waals surface area contributed by atoms with Gasteiger partial charge in [-0.3, -0.25) is 0 Å². The van der Waals surface area contributed by atoms with Crippen LogP contribution in [0.2, 0.25) is 16.0 Å². The number of unbranched alkanes of at least 4 members (excludes halogenated alkanes) is 2. The molecule has 265 valence electrons. The van der Waals surface area contributed by atoms with E-state index in [1.807, 2.05) is 0 Å². The zero-order valence-electron chi connectivity index (χ0n) is 33.6. The molecule has 3 aromatic carbocycles. The molecule has 5 rings (SSSR count). The van der Waals surface area contributed by atoms with Crippen molar-refractivity contribution in [3.05, 3.63) is 110 Å². The monoisotopic (exact) mass is 709 g/mol. The number of benzene rings is 3. The van der Waals surface area contributed by atoms with Crippen molar-refractivity contribution in [1.82, 2.24) is 0 Å². The second-order valence-electron chi connectivity index (χ2n) is 17.8. The van der Waals surface area contributed by atoms with Gasteiger partial charge in [0.25, 0.3) is 0 Å². The van der Waals surface area contributed by atoms with Crippen molar-refractivity contribution >= 4 is 24.0 Å². The Morgan fingerprint density at radius 1 is 0.592 bits per heavy atom. The quantitative estimate of drug-likeness (QED) is 0.146. The van der Waals surface area contributed by atoms with Gasteiger partial charge in [-0.05, 0) is 0 Å². The van der Waals surface area contributed by atoms with E-state index >= 15 is 0 Å². The van der Waals surface area contributed by atoms with Gasteiger partial charge in [0, 0.05) is 0 Å². The Hall–Kier alpha value is -1.93. The molecule has 2 aliphatic rings. The van der Waals surface area contributed by atoms with Crippen molar-refractivity contribution in [2.45, 2.75) is 157 Å². The number of hydrogen-bond acceptors (Lipinski definition) is 0. The van der Waals surface area contributed by atoms with Crippen molar-refractivity contribution < 1.29 is 14.6 Å². The topological polar surface area (TPSA) is 0 Å². The molecule has 0 saturated heterocycles. The number of allylic oxidation sites excluding steroid dienone is 2. The van der Waals surface area contributed by atoms with Gasteiger partial charge in [-0.15, -0.1) is 0 Å². The van der Waals surface area contributed by atoms with Gasteiger partial charge < -0.3 is 0 Å². The van der Waals surface area contributed by atoms with Crippen molar-refractivity contribution in [2.24, 2.45) is 0 Å². The Kier molecular flexibility index (Phi) is 11.7. The molecule has 0 bridgehead atoms. The zero-order chi connectivity index (χ0) is 35.9. The summed E-state index contributed by atoms with van der Waals surface area (Å²) in [5.41, 5.74) is 16.3. The molecule has 0 fully saturated rings. The summed E-state index contributed by atoms with van der Waals surface area (Å²) >= 11 is -3.89. The first-order valence-corrected chi connectivity index (χ1v) is 29.2. The van der Waals surface area contributed by atoms with Crippen LogP contribution in [0.4, 0.5) is 0 Å². The Balaban J connectivity index is 2.02. The molecule has 0 N–H and O–H groups in total. The summed E-state index contributed by atoms with van der Waals surface area (Å²) in [5.74, 6) is 2.07. The summed E-state index contributed by atoms with van der Waals surface area (Å²) in [5, 5.41) is 1.72. The summed E-state index contributed by atoms with van der Waals surface area (Å²) < 4.78 is 4.08. The zero-order valence-corrected chi connectivity index (χ0v) is 36.4. The summed E-state index contributed by atoms with van der Waals surface area (Å²) in [6.07, 6.45) is 10.7. The van der Waals surface area contributed by atoms with Crippen molar-refractivity contribution in [1.29, 1.82) is 0 Å². The Morgan fingerprint density at radius 2 is 1.00 bits per heavy atom. The van der Waals surface area contributed by atoms with E-state index in [0.29, 0.717) is 32.1 Å². The van der Waals surface area contributed by atoms with Crippen LogP contribution in [0.5, 0.6) is 0 Å². The van der Waals surface area contributed by atoms with Gasteiger partial charge in [0.2, 0.25) is 0 Å². The third-order valence-corrected chi connectivity index (χ3v) is 46.2. The average molecular weight is 710 g/mol. The third kappa shape index (κ3) is 6.42. The van der Waals surface area contributed by atoms with Crippen molar-refractivity contribution in [2.75, 3.05) is 0 Å². The molecule has 2 aliphatic carbocycles. The molecule has 3 aromatic rings. The molecule has 0 spiro atoms. The molecule has 2 heteroatoms. The summed E-state index contributed by atoms with van der Waals surface area (Å²) in [6, 6.07) is 22.8. The molecule has 0 saturated carbocycles. The SMILES string of the molecule is CCC[CH2][Ti]([CH2]CCC)([CH]1C(C)=Cc2c(C(C)C)cc(C(C)C)cc21)([CH]1C(C)=Cc2c(C(C)C)cc(C(C)C)cc21)[SiH](C)c1ccccc1. The van der Waals surface area contributed by atoms with Crippen molar-refractivity contribution in [3.8, 4) is 0 Å². The van der Waals surface area contributed by atoms with Gasteiger partial charge in [0.1, 0.15) is 0 Å². The van der Waals surface area contributed by atoms with Crippen LogP contribution < -0.4 is 5.19 Å². The number of rotatable bonds is 14. The molecule has 0 aromatic heterocycles. The fourth-order valence-corrected chi connectivity index (χ4v) is 47.3. The normalized spacial score (nSPS) is 18.9. The minimum atomic E-state index is -3.89. The molecule has 0 radical (unpaired) electrons. The van der Waals surface area contributed by atoms with Crippen LogP contribution in [-0.4, -0.2) is 6.66 Å². The second-order valence-corrected chi connectivity index (χ2v) is 39.6. The average Bonchev–Trinajstić information content (AvgIpc) is 3.60. The fourth-order valence-electron chi connectivity index (χ4n) is 11.1. The molecule has 49 heavy (non-hydrogen) atoms. The van der Waals surface area contributed by atoms with E-state index in [4.69, 9.17) is 0 Å². The van der Waals surface area contributed by atoms with E-state index < -0.39 is 21.2 Å². The van der Waals surface area contributed by atoms with Crippen LogP contribution in [-0.2, 0) is 14.6 Å². The van der Waals surface area contributed by atoms with Crippen LogP contribution in [0, 0.1) is 0 Å². The molecular formula is C47H69SiTi. The van der Waals surface area contributed by atoms with Crippen LogP contribution in [0.3, 0.4) is 0 Å². The van der Waals surface area contributed by atoms with E-state index in [0.717, 1.165) is 0 Å². The Bertz CT molecular complexity index is 1600.